The highest BCUT2D eigenvalue weighted by Crippen LogP contribution is 2.28. The number of aromatic nitrogens is 2. The first-order valence-corrected chi connectivity index (χ1v) is 8.24. The molecule has 2 aromatic rings. The molecule has 0 fully saturated rings. The number of carbonyl (C=O) groups excluding carboxylic acids is 1. The molecule has 2 heterocycles. The van der Waals surface area contributed by atoms with E-state index in [0.717, 1.165) is 34.2 Å². The van der Waals surface area contributed by atoms with Gasteiger partial charge in [0.05, 0.1) is 6.54 Å². The minimum atomic E-state index is -0.647. The number of rotatable bonds is 3. The van der Waals surface area contributed by atoms with Gasteiger partial charge in [-0.1, -0.05) is 17.7 Å². The highest BCUT2D eigenvalue weighted by Gasteiger charge is 2.24. The van der Waals surface area contributed by atoms with Gasteiger partial charge in [0.15, 0.2) is 5.78 Å². The molecular formula is C18H22N4O3. The number of ketones is 1. The minimum Gasteiger partial charge on any atom is -0.384 e. The van der Waals surface area contributed by atoms with Crippen LogP contribution in [0.15, 0.2) is 27.8 Å². The standard InChI is InChI=1S/C18H22N4O3/c1-11-6-7-13-12(9-11)5-4-8-22(13)10-14(23)15-16(19)20(2)18(25)21(3)17(15)24/h6-7,9H,4-5,8,10,19H2,1-3H3. The van der Waals surface area contributed by atoms with Gasteiger partial charge in [-0.15, -0.1) is 0 Å². The van der Waals surface area contributed by atoms with Crippen molar-refractivity contribution in [1.82, 2.24) is 9.13 Å². The molecule has 2 N–H and O–H groups in total. The van der Waals surface area contributed by atoms with Crippen LogP contribution in [0.1, 0.15) is 27.9 Å². The third kappa shape index (κ3) is 2.86. The van der Waals surface area contributed by atoms with Crippen molar-refractivity contribution < 1.29 is 4.79 Å². The number of Topliss-reactive ketones (excluding diaryl/α,β-unsaturated/α-hetero) is 1. The number of nitrogens with two attached hydrogens (primary N) is 1. The normalized spacial score (nSPS) is 13.6. The number of benzene rings is 1. The second kappa shape index (κ2) is 6.23. The second-order valence-corrected chi connectivity index (χ2v) is 6.55. The number of fused-ring (bicyclic) bond motifs is 1. The van der Waals surface area contributed by atoms with E-state index in [9.17, 15) is 14.4 Å². The molecule has 3 rings (SSSR count). The first-order valence-electron chi connectivity index (χ1n) is 8.24. The molecule has 25 heavy (non-hydrogen) atoms. The van der Waals surface area contributed by atoms with Crippen molar-refractivity contribution in [1.29, 1.82) is 0 Å². The van der Waals surface area contributed by atoms with Crippen LogP contribution in [-0.4, -0.2) is 28.0 Å². The molecule has 0 saturated heterocycles. The number of nitrogens with zero attached hydrogens (tertiary/aromatic N) is 3. The molecule has 0 unspecified atom stereocenters. The second-order valence-electron chi connectivity index (χ2n) is 6.55. The number of hydrogen-bond acceptors (Lipinski definition) is 5. The summed E-state index contributed by atoms with van der Waals surface area (Å²) in [5.41, 5.74) is 7.98. The first kappa shape index (κ1) is 17.0. The first-order chi connectivity index (χ1) is 11.8. The lowest BCUT2D eigenvalue weighted by atomic mass is 9.99. The van der Waals surface area contributed by atoms with Crippen LogP contribution in [0.5, 0.6) is 0 Å². The van der Waals surface area contributed by atoms with Gasteiger partial charge in [-0.3, -0.25) is 18.7 Å². The third-order valence-corrected chi connectivity index (χ3v) is 4.77. The molecule has 0 amide bonds. The van der Waals surface area contributed by atoms with E-state index in [1.165, 1.54) is 25.2 Å². The summed E-state index contributed by atoms with van der Waals surface area (Å²) < 4.78 is 2.04. The van der Waals surface area contributed by atoms with Crippen LogP contribution in [0, 0.1) is 6.92 Å². The Kier molecular flexibility index (Phi) is 4.24. The van der Waals surface area contributed by atoms with Crippen molar-refractivity contribution in [2.75, 3.05) is 23.7 Å². The summed E-state index contributed by atoms with van der Waals surface area (Å²) in [5.74, 6) is -0.457. The van der Waals surface area contributed by atoms with Crippen molar-refractivity contribution in [2.24, 2.45) is 14.1 Å². The van der Waals surface area contributed by atoms with Gasteiger partial charge in [0.2, 0.25) is 0 Å². The van der Waals surface area contributed by atoms with Crippen LogP contribution in [-0.2, 0) is 20.5 Å². The molecular weight excluding hydrogens is 320 g/mol. The fourth-order valence-corrected chi connectivity index (χ4v) is 3.34. The highest BCUT2D eigenvalue weighted by atomic mass is 16.2. The lowest BCUT2D eigenvalue weighted by Crippen LogP contribution is -2.44. The average molecular weight is 342 g/mol. The zero-order valence-corrected chi connectivity index (χ0v) is 14.7. The van der Waals surface area contributed by atoms with E-state index in [1.54, 1.807) is 0 Å². The summed E-state index contributed by atoms with van der Waals surface area (Å²) in [7, 11) is 2.80. The fourth-order valence-electron chi connectivity index (χ4n) is 3.34. The number of hydrogen-bond donors (Lipinski definition) is 1. The highest BCUT2D eigenvalue weighted by molar-refractivity contribution is 6.02. The molecule has 132 valence electrons. The topological polar surface area (TPSA) is 90.3 Å². The molecule has 0 saturated carbocycles. The maximum absolute atomic E-state index is 12.8. The van der Waals surface area contributed by atoms with Gasteiger partial charge in [-0.25, -0.2) is 4.79 Å². The molecule has 7 heteroatoms. The number of anilines is 2. The summed E-state index contributed by atoms with van der Waals surface area (Å²) >= 11 is 0. The monoisotopic (exact) mass is 342 g/mol. The van der Waals surface area contributed by atoms with Crippen LogP contribution in [0.3, 0.4) is 0 Å². The van der Waals surface area contributed by atoms with E-state index in [0.29, 0.717) is 0 Å². The van der Waals surface area contributed by atoms with E-state index in [2.05, 4.69) is 6.07 Å². The summed E-state index contributed by atoms with van der Waals surface area (Å²) in [6.07, 6.45) is 1.93. The summed E-state index contributed by atoms with van der Waals surface area (Å²) in [6.45, 7) is 2.85. The van der Waals surface area contributed by atoms with Crippen LogP contribution < -0.4 is 21.9 Å². The molecule has 7 nitrogen and oxygen atoms in total. The Labute approximate surface area is 145 Å². The molecule has 1 aliphatic rings. The van der Waals surface area contributed by atoms with Crippen LogP contribution >= 0.6 is 0 Å². The van der Waals surface area contributed by atoms with Gasteiger partial charge >= 0.3 is 5.69 Å². The van der Waals surface area contributed by atoms with E-state index in [1.807, 2.05) is 24.0 Å². The van der Waals surface area contributed by atoms with Gasteiger partial charge in [-0.05, 0) is 31.4 Å². The quantitative estimate of drug-likeness (QED) is 0.826. The maximum atomic E-state index is 12.8. The van der Waals surface area contributed by atoms with Crippen molar-refractivity contribution in [3.63, 3.8) is 0 Å². The Bertz CT molecular complexity index is 972. The Morgan fingerprint density at radius 2 is 1.92 bits per heavy atom. The Morgan fingerprint density at radius 1 is 1.20 bits per heavy atom. The predicted molar refractivity (Wildman–Crippen MR) is 97.4 cm³/mol. The zero-order valence-electron chi connectivity index (χ0n) is 14.7. The zero-order chi connectivity index (χ0) is 18.3. The van der Waals surface area contributed by atoms with Gasteiger partial charge in [-0.2, -0.15) is 0 Å². The third-order valence-electron chi connectivity index (χ3n) is 4.77. The average Bonchev–Trinajstić information content (AvgIpc) is 2.58. The molecule has 1 aliphatic heterocycles. The SMILES string of the molecule is Cc1ccc2c(c1)CCCN2CC(=O)c1c(N)n(C)c(=O)n(C)c1=O. The summed E-state index contributed by atoms with van der Waals surface area (Å²) in [4.78, 5) is 39.0. The predicted octanol–water partition coefficient (Wildman–Crippen LogP) is 0.610. The molecule has 1 aromatic heterocycles. The van der Waals surface area contributed by atoms with Crippen LogP contribution in [0.25, 0.3) is 0 Å². The van der Waals surface area contributed by atoms with Gasteiger partial charge in [0, 0.05) is 26.3 Å². The molecule has 0 bridgehead atoms. The lowest BCUT2D eigenvalue weighted by Gasteiger charge is -2.31. The van der Waals surface area contributed by atoms with E-state index in [4.69, 9.17) is 5.73 Å². The molecule has 0 spiro atoms. The number of aryl methyl sites for hydroxylation is 2. The molecule has 0 radical (unpaired) electrons. The maximum Gasteiger partial charge on any atom is 0.332 e. The molecule has 0 atom stereocenters. The minimum absolute atomic E-state index is 0.0632. The lowest BCUT2D eigenvalue weighted by molar-refractivity contribution is 0.0996. The molecule has 1 aromatic carbocycles. The van der Waals surface area contributed by atoms with Gasteiger partial charge in [0.25, 0.3) is 5.56 Å². The Balaban J connectivity index is 1.98. The number of nitrogen functional groups attached to an aromatic ring is 1. The van der Waals surface area contributed by atoms with Crippen molar-refractivity contribution in [2.45, 2.75) is 19.8 Å². The smallest absolute Gasteiger partial charge is 0.332 e. The van der Waals surface area contributed by atoms with E-state index in [-0.39, 0.29) is 23.7 Å². The van der Waals surface area contributed by atoms with Crippen molar-refractivity contribution in [3.8, 4) is 0 Å². The Hall–Kier alpha value is -2.83. The Morgan fingerprint density at radius 3 is 2.64 bits per heavy atom. The van der Waals surface area contributed by atoms with E-state index >= 15 is 0 Å². The van der Waals surface area contributed by atoms with Gasteiger partial charge in [0.1, 0.15) is 11.4 Å². The van der Waals surface area contributed by atoms with Gasteiger partial charge < -0.3 is 10.6 Å². The van der Waals surface area contributed by atoms with Crippen LogP contribution in [0.2, 0.25) is 0 Å². The van der Waals surface area contributed by atoms with Crippen molar-refractivity contribution in [3.05, 3.63) is 55.7 Å². The van der Waals surface area contributed by atoms with Crippen molar-refractivity contribution >= 4 is 17.3 Å². The molecule has 0 aliphatic carbocycles. The van der Waals surface area contributed by atoms with E-state index < -0.39 is 11.2 Å². The fraction of sp³-hybridized carbons (Fsp3) is 0.389. The van der Waals surface area contributed by atoms with Crippen LogP contribution in [0.4, 0.5) is 11.5 Å². The number of carbonyl (C=O) groups is 1. The summed E-state index contributed by atoms with van der Waals surface area (Å²) in [5, 5.41) is 0. The largest absolute Gasteiger partial charge is 0.384 e. The summed E-state index contributed by atoms with van der Waals surface area (Å²) in [6, 6.07) is 6.16.